The Morgan fingerprint density at radius 1 is 0.981 bits per heavy atom. The lowest BCUT2D eigenvalue weighted by molar-refractivity contribution is -0.221. The minimum atomic E-state index is -2.96. The van der Waals surface area contributed by atoms with E-state index in [2.05, 4.69) is 77.4 Å². The molecule has 2 N–H and O–H groups in total. The molecule has 0 aromatic rings. The van der Waals surface area contributed by atoms with Gasteiger partial charge in [0.2, 0.25) is 0 Å². The summed E-state index contributed by atoms with van der Waals surface area (Å²) in [7, 11) is -2.96. The molecule has 1 heterocycles. The van der Waals surface area contributed by atoms with Crippen LogP contribution in [0.25, 0.3) is 0 Å². The van der Waals surface area contributed by atoms with Crippen LogP contribution >= 0.6 is 0 Å². The lowest BCUT2D eigenvalue weighted by Crippen LogP contribution is -2.68. The Morgan fingerprint density at radius 3 is 2.41 bits per heavy atom. The Bertz CT molecular complexity index is 1670. The first kappa shape index (κ1) is 40.7. The van der Waals surface area contributed by atoms with E-state index in [4.69, 9.17) is 0 Å². The fourth-order valence-corrected chi connectivity index (χ4v) is 17.2. The Labute approximate surface area is 327 Å². The summed E-state index contributed by atoms with van der Waals surface area (Å²) in [5.41, 5.74) is 3.99. The van der Waals surface area contributed by atoms with Gasteiger partial charge in [0.15, 0.2) is 9.84 Å². The third-order valence-corrected chi connectivity index (χ3v) is 20.2. The van der Waals surface area contributed by atoms with Gasteiger partial charge in [-0.2, -0.15) is 0 Å². The minimum Gasteiger partial charge on any atom is -0.481 e. The zero-order chi connectivity index (χ0) is 39.1. The number of halogens is 1. The van der Waals surface area contributed by atoms with Crippen molar-refractivity contribution in [3.63, 3.8) is 0 Å². The largest absolute Gasteiger partial charge is 0.481 e. The van der Waals surface area contributed by atoms with Crippen LogP contribution in [0, 0.1) is 62.6 Å². The third kappa shape index (κ3) is 6.36. The number of alkyl halides is 1. The van der Waals surface area contributed by atoms with Crippen LogP contribution in [-0.4, -0.2) is 74.3 Å². The fourth-order valence-electron chi connectivity index (χ4n) is 15.5. The molecule has 5 fully saturated rings. The van der Waals surface area contributed by atoms with Crippen molar-refractivity contribution in [2.45, 2.75) is 137 Å². The highest BCUT2D eigenvalue weighted by atomic mass is 32.2. The lowest BCUT2D eigenvalue weighted by atomic mass is 9.33. The Hall–Kier alpha value is -1.51. The summed E-state index contributed by atoms with van der Waals surface area (Å²) < 4.78 is 38.4. The van der Waals surface area contributed by atoms with E-state index in [-0.39, 0.29) is 45.3 Å². The van der Waals surface area contributed by atoms with Gasteiger partial charge in [0.25, 0.3) is 0 Å². The molecule has 1 aliphatic heterocycles. The van der Waals surface area contributed by atoms with E-state index >= 15 is 0 Å². The second-order valence-electron chi connectivity index (χ2n) is 21.3. The van der Waals surface area contributed by atoms with Crippen LogP contribution < -0.4 is 5.32 Å². The van der Waals surface area contributed by atoms with E-state index in [1.807, 2.05) is 0 Å². The third-order valence-electron chi connectivity index (χ3n) is 18.4. The number of hydrogen-bond acceptors (Lipinski definition) is 5. The monoisotopic (exact) mass is 769 g/mol. The van der Waals surface area contributed by atoms with Gasteiger partial charge in [-0.05, 0) is 159 Å². The molecule has 0 radical (unpaired) electrons. The maximum Gasteiger partial charge on any atom is 0.310 e. The first-order valence-corrected chi connectivity index (χ1v) is 23.6. The molecule has 6 aliphatic carbocycles. The van der Waals surface area contributed by atoms with Crippen LogP contribution in [-0.2, 0) is 14.6 Å². The number of carboxylic acids is 1. The van der Waals surface area contributed by atoms with Crippen molar-refractivity contribution in [3.8, 4) is 0 Å². The zero-order valence-electron chi connectivity index (χ0n) is 34.9. The predicted molar refractivity (Wildman–Crippen MR) is 218 cm³/mol. The number of carboxylic acid groups (broad SMARTS) is 1. The number of hydrogen-bond donors (Lipinski definition) is 2. The molecule has 0 amide bonds. The molecule has 304 valence electrons. The highest BCUT2D eigenvalue weighted by Crippen LogP contribution is 2.76. The Kier molecular flexibility index (Phi) is 10.6. The van der Waals surface area contributed by atoms with Gasteiger partial charge < -0.3 is 15.3 Å². The van der Waals surface area contributed by atoms with Gasteiger partial charge in [0.05, 0.1) is 23.6 Å². The summed E-state index contributed by atoms with van der Waals surface area (Å²) in [6.45, 7) is 24.7. The van der Waals surface area contributed by atoms with Gasteiger partial charge in [-0.15, -0.1) is 0 Å². The molecule has 8 heteroatoms. The van der Waals surface area contributed by atoms with Crippen LogP contribution in [0.4, 0.5) is 4.39 Å². The number of nitrogens with one attached hydrogen (secondary N) is 1. The topological polar surface area (TPSA) is 86.7 Å². The molecule has 4 saturated carbocycles. The molecule has 11 atom stereocenters. The number of sulfone groups is 1. The van der Waals surface area contributed by atoms with Crippen LogP contribution in [0.2, 0.25) is 0 Å². The van der Waals surface area contributed by atoms with Crippen molar-refractivity contribution in [3.05, 3.63) is 35.5 Å². The summed E-state index contributed by atoms with van der Waals surface area (Å²) in [4.78, 5) is 14.6. The molecule has 1 unspecified atom stereocenters. The Balaban J connectivity index is 1.12. The van der Waals surface area contributed by atoms with E-state index in [1.54, 1.807) is 0 Å². The Morgan fingerprint density at radius 2 is 1.74 bits per heavy atom. The maximum atomic E-state index is 13.5. The normalized spacial score (nSPS) is 45.8. The van der Waals surface area contributed by atoms with Gasteiger partial charge in [-0.25, -0.2) is 8.42 Å². The molecule has 54 heavy (non-hydrogen) atoms. The van der Waals surface area contributed by atoms with Crippen molar-refractivity contribution in [1.29, 1.82) is 0 Å². The molecule has 6 nitrogen and oxygen atoms in total. The summed E-state index contributed by atoms with van der Waals surface area (Å²) >= 11 is 0. The summed E-state index contributed by atoms with van der Waals surface area (Å²) in [6.07, 6.45) is 17.6. The van der Waals surface area contributed by atoms with E-state index in [0.717, 1.165) is 32.5 Å². The molecule has 0 bridgehead atoms. The van der Waals surface area contributed by atoms with Gasteiger partial charge in [0.1, 0.15) is 0 Å². The number of allylic oxidation sites excluding steroid dienone is 5. The number of aliphatic carboxylic acids is 1. The number of rotatable bonds is 9. The highest BCUT2D eigenvalue weighted by Gasteiger charge is 2.70. The number of nitrogens with zero attached hydrogens (tertiary/aromatic N) is 1. The van der Waals surface area contributed by atoms with Crippen molar-refractivity contribution in [2.75, 3.05) is 44.4 Å². The summed E-state index contributed by atoms with van der Waals surface area (Å²) in [6, 6.07) is 0. The van der Waals surface area contributed by atoms with E-state index < -0.39 is 27.9 Å². The lowest BCUT2D eigenvalue weighted by Gasteiger charge is -2.72. The summed E-state index contributed by atoms with van der Waals surface area (Å²) in [5, 5.41) is 14.3. The molecule has 7 aliphatic rings. The minimum absolute atomic E-state index is 0.00127. The predicted octanol–water partition coefficient (Wildman–Crippen LogP) is 9.43. The van der Waals surface area contributed by atoms with E-state index in [0.29, 0.717) is 54.7 Å². The second-order valence-corrected chi connectivity index (χ2v) is 23.5. The van der Waals surface area contributed by atoms with Crippen molar-refractivity contribution < 1.29 is 22.7 Å². The van der Waals surface area contributed by atoms with Crippen LogP contribution in [0.1, 0.15) is 132 Å². The SMILES string of the molecule is C=C(C)[C@@H]1CC[C@]2(NCCN3CCS(=O)(=O)CC(C)C3)CC[C@]3(C)[C@H](CC[C@@H]4[C@@]5(C)CC=C(C6=CC[C@@](CCF)(C(=O)O)CC6)C(C)(C)[C@@H]5CC[C@]43C)[C@@H]12. The quantitative estimate of drug-likeness (QED) is 0.228. The maximum absolute atomic E-state index is 13.5. The van der Waals surface area contributed by atoms with Crippen LogP contribution in [0.5, 0.6) is 0 Å². The zero-order valence-corrected chi connectivity index (χ0v) is 35.7. The first-order chi connectivity index (χ1) is 25.3. The van der Waals surface area contributed by atoms with Crippen molar-refractivity contribution >= 4 is 15.8 Å². The smallest absolute Gasteiger partial charge is 0.310 e. The van der Waals surface area contributed by atoms with Gasteiger partial charge >= 0.3 is 5.97 Å². The van der Waals surface area contributed by atoms with Gasteiger partial charge in [0, 0.05) is 31.7 Å². The number of carbonyl (C=O) groups is 1. The molecule has 1 saturated heterocycles. The summed E-state index contributed by atoms with van der Waals surface area (Å²) in [5.74, 6) is 2.93. The molecular weight excluding hydrogens is 696 g/mol. The molecule has 0 aromatic carbocycles. The molecule has 7 rings (SSSR count). The average Bonchev–Trinajstić information content (AvgIpc) is 3.41. The van der Waals surface area contributed by atoms with Crippen molar-refractivity contribution in [1.82, 2.24) is 10.2 Å². The second kappa shape index (κ2) is 14.1. The van der Waals surface area contributed by atoms with Gasteiger partial charge in [-0.3, -0.25) is 9.18 Å². The molecule has 0 spiro atoms. The van der Waals surface area contributed by atoms with E-state index in [9.17, 15) is 22.7 Å². The standard InChI is InChI=1S/C46H73FN2O4S/c1-31(2)34-13-20-46(48-25-26-49-27-28-54(52,53)30-32(3)29-49)22-21-43(7)36(39(34)46)9-10-38-42(6)16-14-35(41(4,5)37(42)15-17-44(38,43)8)33-11-18-45(19-12-33,23-24-47)40(50)51/h11,14,32,34,36-39,48H,1,9-10,12-13,15-30H2,2-8H3,(H,50,51)/t32?,34-,36+,37-,38+,39+,42-,43+,44+,45+,46-/m0/s1. The molecule has 0 aromatic heterocycles. The van der Waals surface area contributed by atoms with Crippen LogP contribution in [0.3, 0.4) is 0 Å². The highest BCUT2D eigenvalue weighted by molar-refractivity contribution is 7.91. The van der Waals surface area contributed by atoms with Gasteiger partial charge in [-0.1, -0.05) is 65.8 Å². The van der Waals surface area contributed by atoms with Crippen molar-refractivity contribution in [2.24, 2.45) is 62.6 Å². The first-order valence-electron chi connectivity index (χ1n) is 21.8. The number of fused-ring (bicyclic) bond motifs is 7. The van der Waals surface area contributed by atoms with E-state index in [1.165, 1.54) is 68.1 Å². The molecular formula is C46H73FN2O4S. The van der Waals surface area contributed by atoms with Crippen LogP contribution in [0.15, 0.2) is 35.5 Å². The fraction of sp³-hybridized carbons (Fsp3) is 0.848. The average molecular weight is 769 g/mol.